The fourth-order valence-corrected chi connectivity index (χ4v) is 2.81. The molecule has 7 nitrogen and oxygen atoms in total. The van der Waals surface area contributed by atoms with Crippen molar-refractivity contribution in [1.82, 2.24) is 0 Å². The normalized spacial score (nSPS) is 13.4. The van der Waals surface area contributed by atoms with Gasteiger partial charge in [0.15, 0.2) is 11.6 Å². The molecule has 0 radical (unpaired) electrons. The first kappa shape index (κ1) is 20.4. The Bertz CT molecular complexity index is 822. The van der Waals surface area contributed by atoms with E-state index >= 15 is 0 Å². The molecule has 0 saturated heterocycles. The van der Waals surface area contributed by atoms with Crippen molar-refractivity contribution in [3.63, 3.8) is 0 Å². The smallest absolute Gasteiger partial charge is 0.335 e. The second-order valence-electron chi connectivity index (χ2n) is 6.07. The Morgan fingerprint density at radius 2 is 1.70 bits per heavy atom. The zero-order valence-electron chi connectivity index (χ0n) is 16.0. The van der Waals surface area contributed by atoms with Gasteiger partial charge < -0.3 is 14.3 Å². The van der Waals surface area contributed by atoms with Crippen LogP contribution in [0.2, 0.25) is 0 Å². The van der Waals surface area contributed by atoms with Gasteiger partial charge in [0.25, 0.3) is 0 Å². The van der Waals surface area contributed by atoms with Gasteiger partial charge in [-0.15, -0.1) is 0 Å². The lowest BCUT2D eigenvalue weighted by atomic mass is 9.89. The van der Waals surface area contributed by atoms with Crippen molar-refractivity contribution < 1.29 is 28.7 Å². The lowest BCUT2D eigenvalue weighted by Gasteiger charge is -2.19. The van der Waals surface area contributed by atoms with Crippen LogP contribution in [0.25, 0.3) is 0 Å². The number of allylic oxidation sites excluding steroid dienone is 2. The van der Waals surface area contributed by atoms with Gasteiger partial charge in [0, 0.05) is 12.0 Å². The molecule has 0 amide bonds. The van der Waals surface area contributed by atoms with Crippen molar-refractivity contribution in [1.29, 1.82) is 0 Å². The number of benzene rings is 1. The Hall–Kier alpha value is -2.96. The van der Waals surface area contributed by atoms with Crippen LogP contribution in [0.1, 0.15) is 65.8 Å². The minimum Gasteiger partial charge on any atom is -0.496 e. The standard InChI is InChI=1S/C20H23NO6/c1-5-6-7-8-17(24)27-21-12(2)13-11-16(25-3)18-14(22)9-10-15(23)19(18)20(13)26-4/h9-11H,5-8H2,1-4H3. The highest BCUT2D eigenvalue weighted by Gasteiger charge is 2.30. The Morgan fingerprint density at radius 3 is 2.30 bits per heavy atom. The van der Waals surface area contributed by atoms with Gasteiger partial charge >= 0.3 is 5.97 Å². The van der Waals surface area contributed by atoms with Crippen LogP contribution in [-0.2, 0) is 9.63 Å². The molecule has 0 fully saturated rings. The molecule has 7 heteroatoms. The summed E-state index contributed by atoms with van der Waals surface area (Å²) in [6.07, 6.45) is 5.36. The lowest BCUT2D eigenvalue weighted by molar-refractivity contribution is -0.143. The van der Waals surface area contributed by atoms with E-state index in [1.54, 1.807) is 13.0 Å². The second kappa shape index (κ2) is 9.12. The Labute approximate surface area is 158 Å². The molecule has 0 atom stereocenters. The van der Waals surface area contributed by atoms with Crippen molar-refractivity contribution in [2.24, 2.45) is 5.16 Å². The summed E-state index contributed by atoms with van der Waals surface area (Å²) in [7, 11) is 2.80. The maximum absolute atomic E-state index is 12.4. The number of hydrogen-bond acceptors (Lipinski definition) is 7. The van der Waals surface area contributed by atoms with Crippen LogP contribution >= 0.6 is 0 Å². The highest BCUT2D eigenvalue weighted by molar-refractivity contribution is 6.25. The summed E-state index contributed by atoms with van der Waals surface area (Å²) >= 11 is 0. The zero-order chi connectivity index (χ0) is 20.0. The molecule has 0 unspecified atom stereocenters. The molecule has 0 spiro atoms. The minimum absolute atomic E-state index is 0.114. The summed E-state index contributed by atoms with van der Waals surface area (Å²) in [6.45, 7) is 3.67. The third-order valence-electron chi connectivity index (χ3n) is 4.21. The number of rotatable bonds is 8. The summed E-state index contributed by atoms with van der Waals surface area (Å²) in [6, 6.07) is 1.55. The number of nitrogens with zero attached hydrogens (tertiary/aromatic N) is 1. The number of oxime groups is 1. The van der Waals surface area contributed by atoms with Gasteiger partial charge in [-0.05, 0) is 31.6 Å². The Balaban J connectivity index is 2.41. The fraction of sp³-hybridized carbons (Fsp3) is 0.400. The van der Waals surface area contributed by atoms with E-state index in [0.717, 1.165) is 19.3 Å². The molecule has 1 aliphatic carbocycles. The lowest BCUT2D eigenvalue weighted by Crippen LogP contribution is -2.17. The van der Waals surface area contributed by atoms with Gasteiger partial charge in [-0.3, -0.25) is 9.59 Å². The van der Waals surface area contributed by atoms with Crippen molar-refractivity contribution in [2.45, 2.75) is 39.5 Å². The monoisotopic (exact) mass is 373 g/mol. The van der Waals surface area contributed by atoms with E-state index in [1.807, 2.05) is 6.92 Å². The largest absolute Gasteiger partial charge is 0.496 e. The van der Waals surface area contributed by atoms with Crippen LogP contribution in [0.5, 0.6) is 11.5 Å². The predicted octanol–water partition coefficient (Wildman–Crippen LogP) is 3.49. The third-order valence-corrected chi connectivity index (χ3v) is 4.21. The maximum Gasteiger partial charge on any atom is 0.335 e. The van der Waals surface area contributed by atoms with E-state index in [-0.39, 0.29) is 40.6 Å². The van der Waals surface area contributed by atoms with Crippen LogP contribution in [-0.4, -0.2) is 37.5 Å². The Kier molecular flexibility index (Phi) is 6.87. The minimum atomic E-state index is -0.430. The molecular formula is C20H23NO6. The molecule has 144 valence electrons. The van der Waals surface area contributed by atoms with Crippen LogP contribution in [0, 0.1) is 0 Å². The molecule has 1 aromatic rings. The summed E-state index contributed by atoms with van der Waals surface area (Å²) < 4.78 is 10.7. The van der Waals surface area contributed by atoms with Gasteiger partial charge in [-0.2, -0.15) is 0 Å². The van der Waals surface area contributed by atoms with Gasteiger partial charge in [0.2, 0.25) is 0 Å². The highest BCUT2D eigenvalue weighted by atomic mass is 16.7. The summed E-state index contributed by atoms with van der Waals surface area (Å²) in [4.78, 5) is 41.3. The fourth-order valence-electron chi connectivity index (χ4n) is 2.81. The molecule has 1 aromatic carbocycles. The van der Waals surface area contributed by atoms with Crippen molar-refractivity contribution >= 4 is 23.2 Å². The summed E-state index contributed by atoms with van der Waals surface area (Å²) in [5.41, 5.74) is 0.996. The SMILES string of the molecule is CCCCCC(=O)ON=C(C)c1cc(OC)c2c(c1OC)C(=O)C=CC2=O. The van der Waals surface area contributed by atoms with Crippen LogP contribution < -0.4 is 9.47 Å². The Morgan fingerprint density at radius 1 is 1.04 bits per heavy atom. The second-order valence-corrected chi connectivity index (χ2v) is 6.07. The van der Waals surface area contributed by atoms with Gasteiger partial charge in [0.05, 0.1) is 31.1 Å². The topological polar surface area (TPSA) is 91.3 Å². The number of fused-ring (bicyclic) bond motifs is 1. The number of ketones is 2. The van der Waals surface area contributed by atoms with E-state index < -0.39 is 5.97 Å². The van der Waals surface area contributed by atoms with Crippen LogP contribution in [0.4, 0.5) is 0 Å². The first-order chi connectivity index (χ1) is 12.9. The first-order valence-corrected chi connectivity index (χ1v) is 8.75. The molecule has 0 heterocycles. The number of ether oxygens (including phenoxy) is 2. The van der Waals surface area contributed by atoms with Crippen molar-refractivity contribution in [3.8, 4) is 11.5 Å². The van der Waals surface area contributed by atoms with Crippen LogP contribution in [0.15, 0.2) is 23.4 Å². The van der Waals surface area contributed by atoms with Crippen LogP contribution in [0.3, 0.4) is 0 Å². The first-order valence-electron chi connectivity index (χ1n) is 8.75. The number of methoxy groups -OCH3 is 2. The average molecular weight is 373 g/mol. The average Bonchev–Trinajstić information content (AvgIpc) is 2.67. The van der Waals surface area contributed by atoms with E-state index in [0.29, 0.717) is 11.3 Å². The number of hydrogen-bond donors (Lipinski definition) is 0. The molecule has 2 rings (SSSR count). The molecule has 0 saturated carbocycles. The molecule has 1 aliphatic rings. The van der Waals surface area contributed by atoms with E-state index in [2.05, 4.69) is 5.16 Å². The van der Waals surface area contributed by atoms with E-state index in [9.17, 15) is 14.4 Å². The summed E-state index contributed by atoms with van der Waals surface area (Å²) in [5.74, 6) is -0.723. The molecule has 0 bridgehead atoms. The third kappa shape index (κ3) is 4.42. The van der Waals surface area contributed by atoms with Crippen molar-refractivity contribution in [2.75, 3.05) is 14.2 Å². The quantitative estimate of drug-likeness (QED) is 0.300. The van der Waals surface area contributed by atoms with E-state index in [1.165, 1.54) is 26.4 Å². The van der Waals surface area contributed by atoms with E-state index in [4.69, 9.17) is 14.3 Å². The van der Waals surface area contributed by atoms with Gasteiger partial charge in [0.1, 0.15) is 11.5 Å². The molecule has 27 heavy (non-hydrogen) atoms. The number of carbonyl (C=O) groups is 3. The number of carbonyl (C=O) groups excluding carboxylic acids is 3. The highest BCUT2D eigenvalue weighted by Crippen LogP contribution is 2.37. The molecular weight excluding hydrogens is 350 g/mol. The molecule has 0 aromatic heterocycles. The number of unbranched alkanes of at least 4 members (excludes halogenated alkanes) is 2. The summed E-state index contributed by atoms with van der Waals surface area (Å²) in [5, 5.41) is 3.87. The zero-order valence-corrected chi connectivity index (χ0v) is 16.0. The molecule has 0 N–H and O–H groups in total. The van der Waals surface area contributed by atoms with Gasteiger partial charge in [-0.25, -0.2) is 4.79 Å². The predicted molar refractivity (Wildman–Crippen MR) is 99.8 cm³/mol. The maximum atomic E-state index is 12.4. The molecule has 0 aliphatic heterocycles. The van der Waals surface area contributed by atoms with Gasteiger partial charge in [-0.1, -0.05) is 24.9 Å². The van der Waals surface area contributed by atoms with Crippen molar-refractivity contribution in [3.05, 3.63) is 34.9 Å².